The molecule has 0 aliphatic carbocycles. The van der Waals surface area contributed by atoms with Gasteiger partial charge in [-0.2, -0.15) is 13.2 Å². The van der Waals surface area contributed by atoms with Crippen molar-refractivity contribution in [2.45, 2.75) is 19.2 Å². The molecule has 1 aromatic heterocycles. The number of hydrogen-bond acceptors (Lipinski definition) is 4. The van der Waals surface area contributed by atoms with Gasteiger partial charge < -0.3 is 10.4 Å². The second-order valence-electron chi connectivity index (χ2n) is 6.25. The number of aliphatic hydroxyl groups is 1. The van der Waals surface area contributed by atoms with Crippen LogP contribution in [0.1, 0.15) is 32.6 Å². The third kappa shape index (κ3) is 4.80. The predicted molar refractivity (Wildman–Crippen MR) is 101 cm³/mol. The summed E-state index contributed by atoms with van der Waals surface area (Å²) in [5.74, 6) is -0.954. The lowest BCUT2D eigenvalue weighted by atomic mass is 10.0. The Kier molecular flexibility index (Phi) is 5.99. The number of rotatable bonds is 5. The minimum Gasteiger partial charge on any atom is -0.387 e. The predicted octanol–water partition coefficient (Wildman–Crippen LogP) is 4.74. The van der Waals surface area contributed by atoms with Gasteiger partial charge >= 0.3 is 6.18 Å². The lowest BCUT2D eigenvalue weighted by Gasteiger charge is -2.17. The summed E-state index contributed by atoms with van der Waals surface area (Å²) in [7, 11) is 0. The summed E-state index contributed by atoms with van der Waals surface area (Å²) in [5, 5.41) is 13.1. The third-order valence-corrected chi connectivity index (χ3v) is 5.38. The molecule has 2 aromatic carbocycles. The molecule has 2 N–H and O–H groups in total. The normalized spacial score (nSPS) is 12.6. The largest absolute Gasteiger partial charge is 0.416 e. The lowest BCUT2D eigenvalue weighted by molar-refractivity contribution is -0.139. The van der Waals surface area contributed by atoms with E-state index in [0.717, 1.165) is 17.4 Å². The number of alkyl halides is 3. The van der Waals surface area contributed by atoms with E-state index < -0.39 is 36.1 Å². The SMILES string of the molecule is Cc1nc(-c2ccc(F)cc2)sc1C(=O)NCC(O)c1ccccc1C(F)(F)F. The van der Waals surface area contributed by atoms with Crippen LogP contribution in [-0.4, -0.2) is 22.5 Å². The number of aliphatic hydroxyl groups excluding tert-OH is 1. The molecular formula is C20H16F4N2O2S. The number of aryl methyl sites for hydroxylation is 1. The number of nitrogens with one attached hydrogen (secondary N) is 1. The maximum Gasteiger partial charge on any atom is 0.416 e. The Morgan fingerprint density at radius 2 is 1.83 bits per heavy atom. The Labute approximate surface area is 167 Å². The highest BCUT2D eigenvalue weighted by Gasteiger charge is 2.34. The molecule has 1 atom stereocenters. The van der Waals surface area contributed by atoms with E-state index in [1.54, 1.807) is 6.92 Å². The first kappa shape index (κ1) is 20.9. The number of carbonyl (C=O) groups is 1. The van der Waals surface area contributed by atoms with Gasteiger partial charge in [0.1, 0.15) is 15.7 Å². The van der Waals surface area contributed by atoms with E-state index in [0.29, 0.717) is 16.3 Å². The Bertz CT molecular complexity index is 1020. The van der Waals surface area contributed by atoms with Gasteiger partial charge in [0.25, 0.3) is 5.91 Å². The molecular weight excluding hydrogens is 408 g/mol. The quantitative estimate of drug-likeness (QED) is 0.582. The van der Waals surface area contributed by atoms with E-state index in [1.807, 2.05) is 0 Å². The van der Waals surface area contributed by atoms with E-state index in [2.05, 4.69) is 10.3 Å². The van der Waals surface area contributed by atoms with Gasteiger partial charge in [-0.05, 0) is 42.8 Å². The molecule has 9 heteroatoms. The molecule has 1 amide bonds. The highest BCUT2D eigenvalue weighted by Crippen LogP contribution is 2.34. The average molecular weight is 424 g/mol. The van der Waals surface area contributed by atoms with Gasteiger partial charge in [-0.1, -0.05) is 18.2 Å². The number of hydrogen-bond donors (Lipinski definition) is 2. The molecule has 3 rings (SSSR count). The van der Waals surface area contributed by atoms with E-state index in [4.69, 9.17) is 0 Å². The second kappa shape index (κ2) is 8.30. The zero-order valence-corrected chi connectivity index (χ0v) is 15.9. The number of nitrogens with zero attached hydrogens (tertiary/aromatic N) is 1. The Balaban J connectivity index is 1.73. The number of carbonyl (C=O) groups excluding carboxylic acids is 1. The molecule has 0 spiro atoms. The summed E-state index contributed by atoms with van der Waals surface area (Å²) in [6.07, 6.45) is -6.14. The van der Waals surface area contributed by atoms with Crippen molar-refractivity contribution in [2.75, 3.05) is 6.54 Å². The smallest absolute Gasteiger partial charge is 0.387 e. The lowest BCUT2D eigenvalue weighted by Crippen LogP contribution is -2.29. The maximum atomic E-state index is 13.1. The van der Waals surface area contributed by atoms with Crippen LogP contribution >= 0.6 is 11.3 Å². The van der Waals surface area contributed by atoms with Crippen molar-refractivity contribution in [3.05, 3.63) is 76.0 Å². The fraction of sp³-hybridized carbons (Fsp3) is 0.200. The molecule has 0 aliphatic heterocycles. The Morgan fingerprint density at radius 3 is 2.48 bits per heavy atom. The summed E-state index contributed by atoms with van der Waals surface area (Å²) < 4.78 is 52.3. The van der Waals surface area contributed by atoms with Crippen LogP contribution in [0.3, 0.4) is 0 Å². The topological polar surface area (TPSA) is 62.2 Å². The van der Waals surface area contributed by atoms with Gasteiger partial charge in [0, 0.05) is 12.1 Å². The van der Waals surface area contributed by atoms with Crippen molar-refractivity contribution in [1.29, 1.82) is 0 Å². The van der Waals surface area contributed by atoms with Crippen LogP contribution < -0.4 is 5.32 Å². The van der Waals surface area contributed by atoms with Crippen molar-refractivity contribution >= 4 is 17.2 Å². The molecule has 3 aromatic rings. The minimum absolute atomic E-state index is 0.264. The number of amides is 1. The Hall–Kier alpha value is -2.78. The summed E-state index contributed by atoms with van der Waals surface area (Å²) >= 11 is 1.07. The molecule has 29 heavy (non-hydrogen) atoms. The number of thiazole rings is 1. The second-order valence-corrected chi connectivity index (χ2v) is 7.25. The molecule has 1 heterocycles. The number of halogens is 4. The van der Waals surface area contributed by atoms with Gasteiger partial charge in [0.15, 0.2) is 0 Å². The van der Waals surface area contributed by atoms with Crippen LogP contribution in [0.4, 0.5) is 17.6 Å². The van der Waals surface area contributed by atoms with E-state index >= 15 is 0 Å². The third-order valence-electron chi connectivity index (χ3n) is 4.18. The van der Waals surface area contributed by atoms with Gasteiger partial charge in [-0.3, -0.25) is 4.79 Å². The van der Waals surface area contributed by atoms with Crippen LogP contribution in [-0.2, 0) is 6.18 Å². The maximum absolute atomic E-state index is 13.1. The first-order valence-corrected chi connectivity index (χ1v) is 9.34. The summed E-state index contributed by atoms with van der Waals surface area (Å²) in [4.78, 5) is 17.0. The van der Waals surface area contributed by atoms with Crippen molar-refractivity contribution in [3.8, 4) is 10.6 Å². The van der Waals surface area contributed by atoms with Crippen LogP contribution in [0.5, 0.6) is 0 Å². The van der Waals surface area contributed by atoms with Crippen molar-refractivity contribution in [2.24, 2.45) is 0 Å². The standard InChI is InChI=1S/C20H16F4N2O2S/c1-11-17(29-19(26-11)12-6-8-13(21)9-7-12)18(28)25-10-16(27)14-4-2-3-5-15(14)20(22,23)24/h2-9,16,27H,10H2,1H3,(H,25,28). The molecule has 152 valence electrons. The van der Waals surface area contributed by atoms with Crippen molar-refractivity contribution in [3.63, 3.8) is 0 Å². The molecule has 0 aliphatic rings. The first-order chi connectivity index (χ1) is 13.7. The van der Waals surface area contributed by atoms with Crippen molar-refractivity contribution < 1.29 is 27.5 Å². The molecule has 0 bridgehead atoms. The Morgan fingerprint density at radius 1 is 1.17 bits per heavy atom. The zero-order chi connectivity index (χ0) is 21.2. The molecule has 4 nitrogen and oxygen atoms in total. The molecule has 0 saturated heterocycles. The van der Waals surface area contributed by atoms with Gasteiger partial charge in [0.05, 0.1) is 17.4 Å². The number of benzene rings is 2. The highest BCUT2D eigenvalue weighted by atomic mass is 32.1. The molecule has 0 radical (unpaired) electrons. The first-order valence-electron chi connectivity index (χ1n) is 8.52. The van der Waals surface area contributed by atoms with Crippen molar-refractivity contribution in [1.82, 2.24) is 10.3 Å². The van der Waals surface area contributed by atoms with Crippen LogP contribution in [0.15, 0.2) is 48.5 Å². The molecule has 1 unspecified atom stereocenters. The van der Waals surface area contributed by atoms with E-state index in [1.165, 1.54) is 42.5 Å². The van der Waals surface area contributed by atoms with Crippen LogP contribution in [0, 0.1) is 12.7 Å². The zero-order valence-electron chi connectivity index (χ0n) is 15.1. The number of aromatic nitrogens is 1. The van der Waals surface area contributed by atoms with Crippen LogP contribution in [0.2, 0.25) is 0 Å². The highest BCUT2D eigenvalue weighted by molar-refractivity contribution is 7.17. The van der Waals surface area contributed by atoms with Gasteiger partial charge in [-0.25, -0.2) is 9.37 Å². The summed E-state index contributed by atoms with van der Waals surface area (Å²) in [5.41, 5.74) is -0.197. The van der Waals surface area contributed by atoms with Gasteiger partial charge in [0.2, 0.25) is 0 Å². The molecule has 0 fully saturated rings. The van der Waals surface area contributed by atoms with E-state index in [9.17, 15) is 27.5 Å². The minimum atomic E-state index is -4.61. The fourth-order valence-electron chi connectivity index (χ4n) is 2.75. The average Bonchev–Trinajstić information content (AvgIpc) is 3.07. The van der Waals surface area contributed by atoms with E-state index in [-0.39, 0.29) is 10.4 Å². The monoisotopic (exact) mass is 424 g/mol. The molecule has 0 saturated carbocycles. The fourth-order valence-corrected chi connectivity index (χ4v) is 3.74. The van der Waals surface area contributed by atoms with Gasteiger partial charge in [-0.15, -0.1) is 11.3 Å². The summed E-state index contributed by atoms with van der Waals surface area (Å²) in [6.45, 7) is 1.23. The van der Waals surface area contributed by atoms with Crippen LogP contribution in [0.25, 0.3) is 10.6 Å². The summed E-state index contributed by atoms with van der Waals surface area (Å²) in [6, 6.07) is 10.3.